The molecule has 0 radical (unpaired) electrons. The van der Waals surface area contributed by atoms with Gasteiger partial charge in [0, 0.05) is 25.0 Å². The molecule has 39 heavy (non-hydrogen) atoms. The van der Waals surface area contributed by atoms with Crippen LogP contribution in [-0.4, -0.2) is 50.1 Å². The minimum Gasteiger partial charge on any atom is -0.493 e. The highest BCUT2D eigenvalue weighted by atomic mass is 31.2. The Morgan fingerprint density at radius 1 is 0.974 bits per heavy atom. The smallest absolute Gasteiger partial charge is 0.376 e. The molecule has 2 heterocycles. The van der Waals surface area contributed by atoms with E-state index in [1.165, 1.54) is 32.6 Å². The maximum absolute atomic E-state index is 13.4. The Hall–Kier alpha value is -3.67. The Morgan fingerprint density at radius 3 is 2.44 bits per heavy atom. The number of hydrogen-bond donors (Lipinski definition) is 4. The van der Waals surface area contributed by atoms with Gasteiger partial charge in [0.15, 0.2) is 17.5 Å². The van der Waals surface area contributed by atoms with Gasteiger partial charge in [0.05, 0.1) is 19.5 Å². The number of rotatable bonds is 8. The highest BCUT2D eigenvalue weighted by Crippen LogP contribution is 2.48. The van der Waals surface area contributed by atoms with E-state index >= 15 is 0 Å². The number of benzene rings is 3. The summed E-state index contributed by atoms with van der Waals surface area (Å²) in [4.78, 5) is 10.9. The molecule has 1 aromatic heterocycles. The second-order valence-corrected chi connectivity index (χ2v) is 10.7. The van der Waals surface area contributed by atoms with Crippen molar-refractivity contribution < 1.29 is 33.8 Å². The number of aromatic nitrogens is 1. The van der Waals surface area contributed by atoms with Crippen molar-refractivity contribution in [3.05, 3.63) is 96.3 Å². The van der Waals surface area contributed by atoms with Gasteiger partial charge in [0.1, 0.15) is 0 Å². The zero-order chi connectivity index (χ0) is 27.8. The molecule has 4 N–H and O–H groups in total. The van der Waals surface area contributed by atoms with Crippen LogP contribution in [0.15, 0.2) is 85.2 Å². The van der Waals surface area contributed by atoms with Crippen LogP contribution in [0.2, 0.25) is 0 Å². The van der Waals surface area contributed by atoms with E-state index in [9.17, 15) is 19.7 Å². The summed E-state index contributed by atoms with van der Waals surface area (Å²) in [6.45, 7) is 0. The third-order valence-electron chi connectivity index (χ3n) is 6.41. The fourth-order valence-corrected chi connectivity index (χ4v) is 5.51. The fourth-order valence-electron chi connectivity index (χ4n) is 4.47. The number of fused-ring (bicyclic) bond motifs is 1. The van der Waals surface area contributed by atoms with Crippen molar-refractivity contribution >= 4 is 29.9 Å². The Kier molecular flexibility index (Phi) is 7.23. The van der Waals surface area contributed by atoms with Crippen LogP contribution in [0.25, 0.3) is 17.0 Å². The van der Waals surface area contributed by atoms with Gasteiger partial charge < -0.3 is 29.1 Å². The molecule has 0 saturated carbocycles. The summed E-state index contributed by atoms with van der Waals surface area (Å²) in [5.74, 6) is -1.54. The lowest BCUT2D eigenvalue weighted by Crippen LogP contribution is -2.46. The Morgan fingerprint density at radius 2 is 1.72 bits per heavy atom. The van der Waals surface area contributed by atoms with Gasteiger partial charge in [-0.1, -0.05) is 35.5 Å². The number of aryl methyl sites for hydroxylation is 1. The highest BCUT2D eigenvalue weighted by Gasteiger charge is 2.53. The van der Waals surface area contributed by atoms with Gasteiger partial charge in [0.2, 0.25) is 0 Å². The van der Waals surface area contributed by atoms with Crippen LogP contribution >= 0.6 is 7.60 Å². The van der Waals surface area contributed by atoms with Crippen LogP contribution < -0.4 is 20.2 Å². The summed E-state index contributed by atoms with van der Waals surface area (Å²) in [6.07, 6.45) is 4.96. The second-order valence-electron chi connectivity index (χ2n) is 9.00. The van der Waals surface area contributed by atoms with Gasteiger partial charge in [-0.3, -0.25) is 4.57 Å². The molecule has 4 aromatic rings. The van der Waals surface area contributed by atoms with Crippen molar-refractivity contribution in [3.8, 4) is 11.5 Å². The van der Waals surface area contributed by atoms with Crippen LogP contribution in [-0.2, 0) is 16.2 Å². The predicted molar refractivity (Wildman–Crippen MR) is 145 cm³/mol. The average Bonchev–Trinajstić information content (AvgIpc) is 3.42. The highest BCUT2D eigenvalue weighted by molar-refractivity contribution is 7.61. The molecule has 0 aliphatic carbocycles. The van der Waals surface area contributed by atoms with Gasteiger partial charge >= 0.3 is 7.60 Å². The minimum atomic E-state index is -4.46. The monoisotopic (exact) mass is 552 g/mol. The topological polar surface area (TPSA) is 129 Å². The molecule has 5 rings (SSSR count). The van der Waals surface area contributed by atoms with E-state index in [-0.39, 0.29) is 5.30 Å². The quantitative estimate of drug-likeness (QED) is 0.191. The van der Waals surface area contributed by atoms with Crippen molar-refractivity contribution in [2.75, 3.05) is 14.2 Å². The Bertz CT molecular complexity index is 1560. The van der Waals surface area contributed by atoms with E-state index in [2.05, 4.69) is 5.43 Å². The van der Waals surface area contributed by atoms with Crippen LogP contribution in [0, 0.1) is 0 Å². The summed E-state index contributed by atoms with van der Waals surface area (Å²) in [7, 11) is 0.494. The summed E-state index contributed by atoms with van der Waals surface area (Å²) < 4.78 is 31.6. The normalized spacial score (nSPS) is 19.0. The van der Waals surface area contributed by atoms with Crippen molar-refractivity contribution in [1.82, 2.24) is 20.3 Å². The maximum Gasteiger partial charge on any atom is 0.376 e. The molecule has 0 bridgehead atoms. The van der Waals surface area contributed by atoms with Gasteiger partial charge in [-0.2, -0.15) is 10.1 Å². The maximum atomic E-state index is 13.4. The molecule has 3 aromatic carbocycles. The van der Waals surface area contributed by atoms with E-state index in [0.29, 0.717) is 22.6 Å². The first kappa shape index (κ1) is 26.9. The molecule has 0 amide bonds. The molecular weight excluding hydrogens is 523 g/mol. The number of ether oxygens (including phenoxy) is 2. The van der Waals surface area contributed by atoms with E-state index < -0.39 is 19.5 Å². The van der Waals surface area contributed by atoms with E-state index in [4.69, 9.17) is 14.1 Å². The molecule has 1 aliphatic rings. The van der Waals surface area contributed by atoms with Crippen molar-refractivity contribution in [1.29, 1.82) is 0 Å². The Labute approximate surface area is 225 Å². The zero-order valence-electron chi connectivity index (χ0n) is 21.5. The summed E-state index contributed by atoms with van der Waals surface area (Å²) in [6, 6.07) is 18.9. The second kappa shape index (κ2) is 10.5. The molecule has 2 unspecified atom stereocenters. The third-order valence-corrected chi connectivity index (χ3v) is 7.75. The van der Waals surface area contributed by atoms with Gasteiger partial charge in [0.25, 0.3) is 5.91 Å². The lowest BCUT2D eigenvalue weighted by atomic mass is 10.0. The first-order valence-electron chi connectivity index (χ1n) is 12.0. The predicted octanol–water partition coefficient (Wildman–Crippen LogP) is 3.03. The largest absolute Gasteiger partial charge is 0.493 e. The number of nitrogens with zero attached hydrogens (tertiary/aromatic N) is 3. The van der Waals surface area contributed by atoms with Crippen LogP contribution in [0.4, 0.5) is 0 Å². The van der Waals surface area contributed by atoms with Gasteiger partial charge in [-0.05, 0) is 65.1 Å². The molecule has 11 nitrogen and oxygen atoms in total. The number of nitrogens with one attached hydrogen (secondary N) is 1. The first-order valence-corrected chi connectivity index (χ1v) is 13.5. The van der Waals surface area contributed by atoms with Crippen LogP contribution in [0.3, 0.4) is 0 Å². The van der Waals surface area contributed by atoms with Crippen molar-refractivity contribution in [3.63, 3.8) is 0 Å². The lowest BCUT2D eigenvalue weighted by Gasteiger charge is -2.30. The van der Waals surface area contributed by atoms with E-state index in [1.807, 2.05) is 29.9 Å². The standard InChI is InChI=1S/C27H29N4O7P/c1-29-15-14-20-18-21(10-11-23(20)29)26-27(32,33)28-30(16-13-19-9-12-24(36-2)25(17-19)37-3)31(26)38-39(34,35)22-7-5-4-6-8-22/h4-18,26,28,32-33H,1-3H3,(H,34,35). The minimum absolute atomic E-state index is 0.0412. The van der Waals surface area contributed by atoms with Crippen molar-refractivity contribution in [2.24, 2.45) is 7.05 Å². The molecule has 2 atom stereocenters. The van der Waals surface area contributed by atoms with E-state index in [0.717, 1.165) is 21.2 Å². The molecule has 1 saturated heterocycles. The van der Waals surface area contributed by atoms with Crippen molar-refractivity contribution in [2.45, 2.75) is 12.0 Å². The lowest BCUT2D eigenvalue weighted by molar-refractivity contribution is -0.232. The molecule has 1 aliphatic heterocycles. The third kappa shape index (κ3) is 5.29. The first-order chi connectivity index (χ1) is 18.6. The number of hydrazine groups is 2. The number of hydrogen-bond acceptors (Lipinski definition) is 9. The SMILES string of the molecule is COc1ccc(C=CN2NC(O)(O)C(c3ccc4c(ccn4C)c3)N2OP(=O)(O)c2ccccc2)cc1OC. The summed E-state index contributed by atoms with van der Waals surface area (Å²) >= 11 is 0. The average molecular weight is 553 g/mol. The summed E-state index contributed by atoms with van der Waals surface area (Å²) in [5, 5.41) is 25.1. The fraction of sp³-hybridized carbons (Fsp3) is 0.185. The molecule has 204 valence electrons. The zero-order valence-corrected chi connectivity index (χ0v) is 22.4. The van der Waals surface area contributed by atoms with Crippen LogP contribution in [0.1, 0.15) is 17.2 Å². The van der Waals surface area contributed by atoms with Crippen LogP contribution in [0.5, 0.6) is 11.5 Å². The van der Waals surface area contributed by atoms with E-state index in [1.54, 1.807) is 54.6 Å². The molecular formula is C27H29N4O7P. The summed E-state index contributed by atoms with van der Waals surface area (Å²) in [5.41, 5.74) is 4.59. The van der Waals surface area contributed by atoms with Gasteiger partial charge in [-0.25, -0.2) is 5.12 Å². The van der Waals surface area contributed by atoms with Gasteiger partial charge in [-0.15, -0.1) is 0 Å². The molecule has 12 heteroatoms. The molecule has 0 spiro atoms. The molecule has 1 fully saturated rings. The Balaban J connectivity index is 1.55. The number of hydroxylamine groups is 1. The number of methoxy groups -OCH3 is 2. The number of aliphatic hydroxyl groups is 2.